The molecule has 1 aliphatic carbocycles. The molecule has 1 aliphatic rings. The van der Waals surface area contributed by atoms with E-state index in [1.165, 1.54) is 0 Å². The molecule has 0 fully saturated rings. The van der Waals surface area contributed by atoms with Gasteiger partial charge >= 0.3 is 0 Å². The molecule has 1 aromatic heterocycles. The molecule has 0 saturated carbocycles. The zero-order valence-electron chi connectivity index (χ0n) is 27.3. The van der Waals surface area contributed by atoms with Crippen molar-refractivity contribution in [3.63, 3.8) is 0 Å². The average molecular weight is 641 g/mol. The van der Waals surface area contributed by atoms with Gasteiger partial charge in [0.05, 0.1) is 5.69 Å². The summed E-state index contributed by atoms with van der Waals surface area (Å²) in [5, 5.41) is 3.83. The third kappa shape index (κ3) is 6.62. The number of benzene rings is 6. The van der Waals surface area contributed by atoms with E-state index in [1.54, 1.807) is 0 Å². The molecule has 0 saturated heterocycles. The molecule has 0 unspecified atom stereocenters. The first-order valence-corrected chi connectivity index (χ1v) is 16.7. The summed E-state index contributed by atoms with van der Waals surface area (Å²) < 4.78 is 0. The van der Waals surface area contributed by atoms with Crippen molar-refractivity contribution in [1.29, 1.82) is 0 Å². The normalized spacial score (nSPS) is 12.0. The number of aromatic nitrogens is 3. The second-order valence-electron chi connectivity index (χ2n) is 11.9. The Labute approximate surface area is 292 Å². The van der Waals surface area contributed by atoms with Crippen molar-refractivity contribution in [3.05, 3.63) is 182 Å². The molecule has 0 aliphatic heterocycles. The van der Waals surface area contributed by atoms with Gasteiger partial charge in [-0.15, -0.1) is 0 Å². The van der Waals surface area contributed by atoms with Gasteiger partial charge in [0.1, 0.15) is 0 Å². The standard InChI is InChI=1S/C46H32N4/c1-2-8-21-34(20-7-1)41-31-39(33-18-9-3-10-19-33)32-42(35-22-11-4-12-23-35)43(41)47-40-29-17-28-38(30-40)46-49-44(36-24-13-5-14-25-36)48-45(50-46)37-26-15-6-16-27-37/h1,3-7,9-20,22-32,47H,2H2. The summed E-state index contributed by atoms with van der Waals surface area (Å²) in [5.41, 5.74) is 11.1. The van der Waals surface area contributed by atoms with Crippen molar-refractivity contribution in [1.82, 2.24) is 15.0 Å². The number of rotatable bonds is 8. The van der Waals surface area contributed by atoms with Gasteiger partial charge in [0.25, 0.3) is 0 Å². The fraction of sp³-hybridized carbons (Fsp3) is 0.0217. The lowest BCUT2D eigenvalue weighted by Gasteiger charge is -2.20. The highest BCUT2D eigenvalue weighted by molar-refractivity contribution is 5.98. The molecule has 4 nitrogen and oxygen atoms in total. The third-order valence-corrected chi connectivity index (χ3v) is 8.55. The van der Waals surface area contributed by atoms with Crippen LogP contribution in [-0.2, 0) is 0 Å². The Kier molecular flexibility index (Phi) is 8.61. The van der Waals surface area contributed by atoms with Crippen molar-refractivity contribution in [2.75, 3.05) is 5.32 Å². The second-order valence-corrected chi connectivity index (χ2v) is 11.9. The van der Waals surface area contributed by atoms with Crippen LogP contribution in [0.25, 0.3) is 62.0 Å². The quantitative estimate of drug-likeness (QED) is 0.168. The first-order valence-electron chi connectivity index (χ1n) is 16.7. The van der Waals surface area contributed by atoms with Crippen LogP contribution in [0.5, 0.6) is 0 Å². The van der Waals surface area contributed by atoms with Crippen LogP contribution in [0.15, 0.2) is 176 Å². The van der Waals surface area contributed by atoms with Gasteiger partial charge in [-0.1, -0.05) is 157 Å². The second kappa shape index (κ2) is 14.1. The molecule has 236 valence electrons. The van der Waals surface area contributed by atoms with E-state index in [1.807, 2.05) is 84.9 Å². The van der Waals surface area contributed by atoms with Gasteiger partial charge in [-0.25, -0.2) is 15.0 Å². The smallest absolute Gasteiger partial charge is 0.164 e. The maximum Gasteiger partial charge on any atom is 0.164 e. The van der Waals surface area contributed by atoms with E-state index in [2.05, 4.69) is 108 Å². The lowest BCUT2D eigenvalue weighted by atomic mass is 9.90. The Morgan fingerprint density at radius 3 is 1.60 bits per heavy atom. The predicted molar refractivity (Wildman–Crippen MR) is 206 cm³/mol. The molecular weight excluding hydrogens is 609 g/mol. The van der Waals surface area contributed by atoms with Gasteiger partial charge in [0.15, 0.2) is 17.5 Å². The van der Waals surface area contributed by atoms with Crippen molar-refractivity contribution in [3.8, 4) is 68.3 Å². The van der Waals surface area contributed by atoms with Crippen LogP contribution in [0.3, 0.4) is 0 Å². The summed E-state index contributed by atoms with van der Waals surface area (Å²) in [5.74, 6) is 8.62. The molecule has 7 aromatic rings. The van der Waals surface area contributed by atoms with Gasteiger partial charge in [-0.2, -0.15) is 0 Å². The Balaban J connectivity index is 1.28. The molecule has 4 heteroatoms. The van der Waals surface area contributed by atoms with E-state index >= 15 is 0 Å². The fourth-order valence-electron chi connectivity index (χ4n) is 6.09. The molecule has 0 spiro atoms. The van der Waals surface area contributed by atoms with E-state index in [0.717, 1.165) is 67.9 Å². The molecule has 0 atom stereocenters. The number of allylic oxidation sites excluding steroid dienone is 4. The van der Waals surface area contributed by atoms with E-state index in [9.17, 15) is 0 Å². The van der Waals surface area contributed by atoms with E-state index < -0.39 is 0 Å². The number of anilines is 2. The highest BCUT2D eigenvalue weighted by Gasteiger charge is 2.18. The Morgan fingerprint density at radius 2 is 0.980 bits per heavy atom. The zero-order valence-corrected chi connectivity index (χ0v) is 27.3. The number of nitrogens with one attached hydrogen (secondary N) is 1. The van der Waals surface area contributed by atoms with Crippen LogP contribution in [0.4, 0.5) is 11.4 Å². The Hall–Kier alpha value is -6.83. The van der Waals surface area contributed by atoms with Crippen molar-refractivity contribution in [2.45, 2.75) is 6.42 Å². The summed E-state index contributed by atoms with van der Waals surface area (Å²) in [4.78, 5) is 14.8. The molecular formula is C46H32N4. The van der Waals surface area contributed by atoms with E-state index in [0.29, 0.717) is 17.5 Å². The summed E-state index contributed by atoms with van der Waals surface area (Å²) in [6.45, 7) is 0. The minimum absolute atomic E-state index is 0.603. The van der Waals surface area contributed by atoms with E-state index in [-0.39, 0.29) is 0 Å². The molecule has 50 heavy (non-hydrogen) atoms. The van der Waals surface area contributed by atoms with Gasteiger partial charge < -0.3 is 5.32 Å². The predicted octanol–water partition coefficient (Wildman–Crippen LogP) is 11.3. The van der Waals surface area contributed by atoms with Gasteiger partial charge in [-0.05, 0) is 47.0 Å². The van der Waals surface area contributed by atoms with Crippen LogP contribution >= 0.6 is 0 Å². The molecule has 0 radical (unpaired) electrons. The van der Waals surface area contributed by atoms with Crippen LogP contribution in [0, 0.1) is 11.8 Å². The largest absolute Gasteiger partial charge is 0.354 e. The molecule has 0 bridgehead atoms. The number of hydrogen-bond donors (Lipinski definition) is 1. The lowest BCUT2D eigenvalue weighted by molar-refractivity contribution is 1.07. The molecule has 8 rings (SSSR count). The van der Waals surface area contributed by atoms with Crippen LogP contribution in [0.2, 0.25) is 0 Å². The first-order chi connectivity index (χ1) is 24.8. The van der Waals surface area contributed by atoms with E-state index in [4.69, 9.17) is 15.0 Å². The average Bonchev–Trinajstić information content (AvgIpc) is 3.49. The third-order valence-electron chi connectivity index (χ3n) is 8.55. The zero-order chi connectivity index (χ0) is 33.5. The highest BCUT2D eigenvalue weighted by atomic mass is 15.0. The number of nitrogens with zero attached hydrogens (tertiary/aromatic N) is 3. The van der Waals surface area contributed by atoms with Crippen molar-refractivity contribution in [2.24, 2.45) is 0 Å². The monoisotopic (exact) mass is 640 g/mol. The summed E-state index contributed by atoms with van der Waals surface area (Å²) in [6, 6.07) is 53.9. The van der Waals surface area contributed by atoms with Crippen molar-refractivity contribution < 1.29 is 0 Å². The number of hydrogen-bond acceptors (Lipinski definition) is 4. The van der Waals surface area contributed by atoms with Gasteiger partial charge in [-0.3, -0.25) is 0 Å². The molecule has 1 heterocycles. The summed E-state index contributed by atoms with van der Waals surface area (Å²) in [6.07, 6.45) is 7.01. The van der Waals surface area contributed by atoms with Crippen LogP contribution in [0.1, 0.15) is 12.0 Å². The van der Waals surface area contributed by atoms with Crippen LogP contribution in [-0.4, -0.2) is 15.0 Å². The molecule has 0 amide bonds. The highest BCUT2D eigenvalue weighted by Crippen LogP contribution is 2.41. The van der Waals surface area contributed by atoms with Gasteiger partial charge in [0, 0.05) is 45.5 Å². The SMILES string of the molecule is C1#CC(c2cc(-c3ccccc3)cc(-c3ccccc3)c2Nc2cccc(-c3nc(-c4ccccc4)nc(-c4ccccc4)n3)c2)=CC=CC1. The molecule has 1 N–H and O–H groups in total. The minimum atomic E-state index is 0.603. The summed E-state index contributed by atoms with van der Waals surface area (Å²) in [7, 11) is 0. The molecule has 6 aromatic carbocycles. The first kappa shape index (κ1) is 30.5. The minimum Gasteiger partial charge on any atom is -0.354 e. The maximum absolute atomic E-state index is 4.97. The van der Waals surface area contributed by atoms with Crippen molar-refractivity contribution >= 4 is 16.9 Å². The maximum atomic E-state index is 4.97. The van der Waals surface area contributed by atoms with Gasteiger partial charge in [0.2, 0.25) is 0 Å². The Bertz CT molecular complexity index is 2350. The lowest BCUT2D eigenvalue weighted by Crippen LogP contribution is -2.02. The fourth-order valence-corrected chi connectivity index (χ4v) is 6.09. The van der Waals surface area contributed by atoms with Crippen LogP contribution < -0.4 is 5.32 Å². The topological polar surface area (TPSA) is 50.7 Å². The summed E-state index contributed by atoms with van der Waals surface area (Å²) >= 11 is 0. The Morgan fingerprint density at radius 1 is 0.460 bits per heavy atom.